The average molecular weight is 440 g/mol. The second-order valence-corrected chi connectivity index (χ2v) is 9.14. The number of carbonyl (C=O) groups is 1. The van der Waals surface area contributed by atoms with Gasteiger partial charge in [-0.2, -0.15) is 0 Å². The van der Waals surface area contributed by atoms with Crippen LogP contribution in [0.3, 0.4) is 0 Å². The van der Waals surface area contributed by atoms with Crippen LogP contribution in [0.4, 0.5) is 5.82 Å². The van der Waals surface area contributed by atoms with Crippen LogP contribution in [-0.2, 0) is 11.2 Å². The number of anilines is 1. The maximum Gasteiger partial charge on any atom is 0.306 e. The number of nitrogens with zero attached hydrogens (tertiary/aromatic N) is 2. The Bertz CT molecular complexity index is 1120. The number of hydrogen-bond donors (Lipinski definition) is 2. The second-order valence-electron chi connectivity index (χ2n) is 8.28. The van der Waals surface area contributed by atoms with Crippen LogP contribution in [0.5, 0.6) is 11.5 Å². The van der Waals surface area contributed by atoms with E-state index in [2.05, 4.69) is 23.7 Å². The van der Waals surface area contributed by atoms with Crippen molar-refractivity contribution in [2.45, 2.75) is 44.9 Å². The van der Waals surface area contributed by atoms with Gasteiger partial charge in [-0.15, -0.1) is 11.3 Å². The number of carboxylic acids is 1. The zero-order valence-electron chi connectivity index (χ0n) is 17.4. The summed E-state index contributed by atoms with van der Waals surface area (Å²) in [4.78, 5) is 22.0. The van der Waals surface area contributed by atoms with Gasteiger partial charge in [0.15, 0.2) is 11.5 Å². The summed E-state index contributed by atoms with van der Waals surface area (Å²) in [5.41, 5.74) is 2.35. The minimum Gasteiger partial charge on any atom is -0.481 e. The van der Waals surface area contributed by atoms with E-state index in [4.69, 9.17) is 19.4 Å². The van der Waals surface area contributed by atoms with Gasteiger partial charge in [-0.25, -0.2) is 9.97 Å². The highest BCUT2D eigenvalue weighted by molar-refractivity contribution is 7.17. The van der Waals surface area contributed by atoms with Crippen molar-refractivity contribution in [1.82, 2.24) is 9.97 Å². The minimum atomic E-state index is -0.686. The third kappa shape index (κ3) is 4.04. The number of rotatable bonds is 6. The number of benzene rings is 1. The monoisotopic (exact) mass is 439 g/mol. The topological polar surface area (TPSA) is 93.6 Å². The Hall–Kier alpha value is -2.87. The van der Waals surface area contributed by atoms with Crippen molar-refractivity contribution >= 4 is 33.3 Å². The van der Waals surface area contributed by atoms with E-state index in [9.17, 15) is 9.90 Å². The zero-order valence-corrected chi connectivity index (χ0v) is 18.2. The van der Waals surface area contributed by atoms with Gasteiger partial charge >= 0.3 is 5.97 Å². The van der Waals surface area contributed by atoms with Gasteiger partial charge in [0, 0.05) is 12.5 Å². The highest BCUT2D eigenvalue weighted by atomic mass is 32.1. The van der Waals surface area contributed by atoms with Crippen LogP contribution in [0.15, 0.2) is 23.6 Å². The number of aliphatic carboxylic acids is 1. The van der Waals surface area contributed by atoms with Crippen LogP contribution in [-0.4, -0.2) is 34.4 Å². The molecule has 0 amide bonds. The Morgan fingerprint density at radius 2 is 2.00 bits per heavy atom. The van der Waals surface area contributed by atoms with Gasteiger partial charge in [-0.3, -0.25) is 4.79 Å². The lowest BCUT2D eigenvalue weighted by atomic mass is 9.81. The first-order valence-corrected chi connectivity index (χ1v) is 11.6. The lowest BCUT2D eigenvalue weighted by Crippen LogP contribution is -2.21. The SMILES string of the molecule is Cc1csc2nc(C3CCC(C(=O)O)CC3)nc(NCCc3ccc4c(c3)OCO4)c12. The molecule has 1 aliphatic heterocycles. The lowest BCUT2D eigenvalue weighted by molar-refractivity contribution is -0.142. The fourth-order valence-electron chi connectivity index (χ4n) is 4.43. The van der Waals surface area contributed by atoms with Crippen molar-refractivity contribution in [3.8, 4) is 11.5 Å². The standard InChI is InChI=1S/C23H25N3O4S/c1-13-11-31-22-19(13)21(24-9-8-14-2-7-17-18(10-14)30-12-29-17)25-20(26-22)15-3-5-16(6-4-15)23(27)28/h2,7,10-11,15-16H,3-6,8-9,12H2,1H3,(H,27,28)(H,24,25,26). The molecule has 0 bridgehead atoms. The minimum absolute atomic E-state index is 0.219. The van der Waals surface area contributed by atoms with Crippen molar-refractivity contribution in [2.75, 3.05) is 18.7 Å². The van der Waals surface area contributed by atoms with Gasteiger partial charge in [0.1, 0.15) is 16.5 Å². The summed E-state index contributed by atoms with van der Waals surface area (Å²) >= 11 is 1.64. The first-order chi connectivity index (χ1) is 15.1. The number of nitrogens with one attached hydrogen (secondary N) is 1. The number of fused-ring (bicyclic) bond motifs is 2. The molecule has 162 valence electrons. The Kier molecular flexibility index (Phi) is 5.40. The molecule has 1 aliphatic carbocycles. The third-order valence-electron chi connectivity index (χ3n) is 6.22. The Balaban J connectivity index is 1.32. The number of carboxylic acid groups (broad SMARTS) is 1. The summed E-state index contributed by atoms with van der Waals surface area (Å²) in [7, 11) is 0. The largest absolute Gasteiger partial charge is 0.481 e. The molecule has 1 saturated carbocycles. The van der Waals surface area contributed by atoms with Gasteiger partial charge in [-0.1, -0.05) is 6.07 Å². The highest BCUT2D eigenvalue weighted by Crippen LogP contribution is 2.38. The van der Waals surface area contributed by atoms with E-state index in [0.717, 1.165) is 59.2 Å². The molecule has 2 aromatic heterocycles. The van der Waals surface area contributed by atoms with Crippen molar-refractivity contribution in [2.24, 2.45) is 5.92 Å². The Morgan fingerprint density at radius 1 is 1.19 bits per heavy atom. The van der Waals surface area contributed by atoms with Crippen LogP contribution >= 0.6 is 11.3 Å². The second kappa shape index (κ2) is 8.34. The maximum atomic E-state index is 11.3. The lowest BCUT2D eigenvalue weighted by Gasteiger charge is -2.25. The van der Waals surface area contributed by atoms with E-state index >= 15 is 0 Å². The van der Waals surface area contributed by atoms with Crippen LogP contribution < -0.4 is 14.8 Å². The summed E-state index contributed by atoms with van der Waals surface area (Å²) < 4.78 is 10.9. The first-order valence-electron chi connectivity index (χ1n) is 10.7. The number of thiophene rings is 1. The molecular weight excluding hydrogens is 414 g/mol. The zero-order chi connectivity index (χ0) is 21.4. The quantitative estimate of drug-likeness (QED) is 0.573. The predicted octanol–water partition coefficient (Wildman–Crippen LogP) is 4.74. The molecule has 31 heavy (non-hydrogen) atoms. The van der Waals surface area contributed by atoms with E-state index < -0.39 is 5.97 Å². The fourth-order valence-corrected chi connectivity index (χ4v) is 5.36. The molecule has 0 atom stereocenters. The molecule has 7 nitrogen and oxygen atoms in total. The van der Waals surface area contributed by atoms with Crippen molar-refractivity contribution < 1.29 is 19.4 Å². The molecule has 3 aromatic rings. The van der Waals surface area contributed by atoms with E-state index in [0.29, 0.717) is 12.8 Å². The predicted molar refractivity (Wildman–Crippen MR) is 119 cm³/mol. The van der Waals surface area contributed by atoms with Crippen LogP contribution in [0.25, 0.3) is 10.2 Å². The molecule has 1 aromatic carbocycles. The van der Waals surface area contributed by atoms with Gasteiger partial charge in [0.2, 0.25) is 6.79 Å². The summed E-state index contributed by atoms with van der Waals surface area (Å²) in [6.45, 7) is 3.11. The maximum absolute atomic E-state index is 11.3. The third-order valence-corrected chi connectivity index (χ3v) is 7.21. The van der Waals surface area contributed by atoms with Crippen LogP contribution in [0, 0.1) is 12.8 Å². The molecule has 0 saturated heterocycles. The molecular formula is C23H25N3O4S. The molecule has 0 unspecified atom stereocenters. The van der Waals surface area contributed by atoms with Crippen LogP contribution in [0.2, 0.25) is 0 Å². The summed E-state index contributed by atoms with van der Waals surface area (Å²) in [6, 6.07) is 6.05. The fraction of sp³-hybridized carbons (Fsp3) is 0.435. The van der Waals surface area contributed by atoms with E-state index in [1.54, 1.807) is 11.3 Å². The molecule has 0 spiro atoms. The van der Waals surface area contributed by atoms with Gasteiger partial charge in [-0.05, 0) is 67.7 Å². The van der Waals surface area contributed by atoms with Gasteiger partial charge in [0.25, 0.3) is 0 Å². The van der Waals surface area contributed by atoms with Gasteiger partial charge < -0.3 is 19.9 Å². The normalized spacial score (nSPS) is 20.2. The molecule has 2 aliphatic rings. The summed E-state index contributed by atoms with van der Waals surface area (Å²) in [6.07, 6.45) is 3.87. The number of aryl methyl sites for hydroxylation is 1. The number of ether oxygens (including phenoxy) is 2. The molecule has 8 heteroatoms. The molecule has 2 N–H and O–H groups in total. The smallest absolute Gasteiger partial charge is 0.306 e. The van der Waals surface area contributed by atoms with Crippen molar-refractivity contribution in [3.63, 3.8) is 0 Å². The Labute approximate surface area is 184 Å². The van der Waals surface area contributed by atoms with E-state index in [-0.39, 0.29) is 18.6 Å². The molecule has 3 heterocycles. The average Bonchev–Trinajstić information content (AvgIpc) is 3.40. The van der Waals surface area contributed by atoms with E-state index in [1.807, 2.05) is 12.1 Å². The first kappa shape index (κ1) is 20.1. The van der Waals surface area contributed by atoms with Gasteiger partial charge in [0.05, 0.1) is 11.3 Å². The summed E-state index contributed by atoms with van der Waals surface area (Å²) in [5, 5.41) is 16.0. The van der Waals surface area contributed by atoms with Crippen molar-refractivity contribution in [3.05, 3.63) is 40.5 Å². The molecule has 5 rings (SSSR count). The number of hydrogen-bond acceptors (Lipinski definition) is 7. The van der Waals surface area contributed by atoms with E-state index in [1.165, 1.54) is 11.1 Å². The molecule has 1 fully saturated rings. The van der Waals surface area contributed by atoms with Crippen molar-refractivity contribution in [1.29, 1.82) is 0 Å². The van der Waals surface area contributed by atoms with Crippen LogP contribution in [0.1, 0.15) is 48.6 Å². The Morgan fingerprint density at radius 3 is 2.81 bits per heavy atom. The highest BCUT2D eigenvalue weighted by Gasteiger charge is 2.29. The number of aromatic nitrogens is 2. The molecule has 0 radical (unpaired) electrons. The summed E-state index contributed by atoms with van der Waals surface area (Å²) in [5.74, 6) is 2.61.